The van der Waals surface area contributed by atoms with Crippen LogP contribution < -0.4 is 5.32 Å². The zero-order chi connectivity index (χ0) is 16.1. The molecule has 2 fully saturated rings. The van der Waals surface area contributed by atoms with Gasteiger partial charge in [0.25, 0.3) is 5.91 Å². The van der Waals surface area contributed by atoms with Crippen molar-refractivity contribution < 1.29 is 9.59 Å². The third kappa shape index (κ3) is 3.94. The number of hydrogen-bond donors (Lipinski definition) is 1. The Hall–Kier alpha value is -1.80. The molecule has 3 rings (SSSR count). The highest BCUT2D eigenvalue weighted by molar-refractivity contribution is 6.06. The fourth-order valence-electron chi connectivity index (χ4n) is 3.85. The Morgan fingerprint density at radius 1 is 1.00 bits per heavy atom. The van der Waals surface area contributed by atoms with Gasteiger partial charge in [0.05, 0.1) is 5.57 Å². The lowest BCUT2D eigenvalue weighted by atomic mass is 9.93. The zero-order valence-corrected chi connectivity index (χ0v) is 13.7. The van der Waals surface area contributed by atoms with Gasteiger partial charge in [-0.3, -0.25) is 9.69 Å². The molecule has 0 aromatic rings. The summed E-state index contributed by atoms with van der Waals surface area (Å²) in [4.78, 5) is 27.1. The second kappa shape index (κ2) is 7.65. The summed E-state index contributed by atoms with van der Waals surface area (Å²) in [5.74, 6) is -0.199. The topological polar surface area (TPSA) is 49.4 Å². The number of allylic oxidation sites excluding steroid dienone is 1. The molecule has 3 aliphatic rings. The Morgan fingerprint density at radius 2 is 1.65 bits per heavy atom. The third-order valence-corrected chi connectivity index (χ3v) is 5.14. The predicted molar refractivity (Wildman–Crippen MR) is 89.9 cm³/mol. The van der Waals surface area contributed by atoms with Crippen molar-refractivity contribution in [3.63, 3.8) is 0 Å². The van der Waals surface area contributed by atoms with Gasteiger partial charge in [0.2, 0.25) is 0 Å². The van der Waals surface area contributed by atoms with Crippen molar-refractivity contribution in [2.24, 2.45) is 0 Å². The number of imide groups is 1. The second-order valence-corrected chi connectivity index (χ2v) is 6.84. The van der Waals surface area contributed by atoms with Crippen molar-refractivity contribution in [3.8, 4) is 0 Å². The Morgan fingerprint density at radius 3 is 2.26 bits per heavy atom. The van der Waals surface area contributed by atoms with Gasteiger partial charge in [0.15, 0.2) is 0 Å². The van der Waals surface area contributed by atoms with Crippen LogP contribution in [0, 0.1) is 0 Å². The van der Waals surface area contributed by atoms with Crippen LogP contribution in [0.2, 0.25) is 0 Å². The molecule has 3 aliphatic carbocycles. The second-order valence-electron chi connectivity index (χ2n) is 6.84. The van der Waals surface area contributed by atoms with Gasteiger partial charge in [-0.2, -0.15) is 0 Å². The van der Waals surface area contributed by atoms with E-state index in [-0.39, 0.29) is 24.0 Å². The van der Waals surface area contributed by atoms with E-state index in [1.807, 2.05) is 0 Å². The minimum atomic E-state index is -0.205. The van der Waals surface area contributed by atoms with E-state index in [0.717, 1.165) is 38.5 Å². The SMILES string of the molecule is O=C(NC1CCCCC1)N(C(=O)C1=C=CC=C1)C1CCCCC1. The number of nitrogens with one attached hydrogen (secondary N) is 1. The molecule has 3 amide bonds. The van der Waals surface area contributed by atoms with Gasteiger partial charge in [-0.15, -0.1) is 5.73 Å². The van der Waals surface area contributed by atoms with E-state index in [1.54, 1.807) is 18.2 Å². The smallest absolute Gasteiger partial charge is 0.324 e. The lowest BCUT2D eigenvalue weighted by molar-refractivity contribution is -0.126. The maximum atomic E-state index is 12.8. The standard InChI is InChI=1S/C19H26N2O2/c22-18(15-9-7-8-10-15)21(17-13-5-2-6-14-17)19(23)20-16-11-3-1-4-12-16/h7-9,16-17H,1-6,11-14H2,(H,20,23). The number of carbonyl (C=O) groups is 2. The molecule has 0 spiro atoms. The molecule has 0 aromatic heterocycles. The molecule has 0 atom stereocenters. The molecular formula is C19H26N2O2. The van der Waals surface area contributed by atoms with E-state index in [2.05, 4.69) is 11.0 Å². The number of nitrogens with zero attached hydrogens (tertiary/aromatic N) is 1. The van der Waals surface area contributed by atoms with Crippen molar-refractivity contribution >= 4 is 11.9 Å². The van der Waals surface area contributed by atoms with Crippen molar-refractivity contribution in [2.75, 3.05) is 0 Å². The van der Waals surface area contributed by atoms with E-state index >= 15 is 0 Å². The van der Waals surface area contributed by atoms with Crippen molar-refractivity contribution in [1.29, 1.82) is 0 Å². The number of carbonyl (C=O) groups excluding carboxylic acids is 2. The Bertz CT molecular complexity index is 546. The Balaban J connectivity index is 1.73. The Labute approximate surface area is 138 Å². The lowest BCUT2D eigenvalue weighted by Crippen LogP contribution is -2.53. The molecule has 0 unspecified atom stereocenters. The van der Waals surface area contributed by atoms with Crippen LogP contribution in [0.25, 0.3) is 0 Å². The average Bonchev–Trinajstić information content (AvgIpc) is 3.11. The highest BCUT2D eigenvalue weighted by Gasteiger charge is 2.33. The van der Waals surface area contributed by atoms with Crippen LogP contribution in [-0.4, -0.2) is 28.9 Å². The van der Waals surface area contributed by atoms with Crippen LogP contribution in [0.15, 0.2) is 29.5 Å². The molecule has 0 saturated heterocycles. The van der Waals surface area contributed by atoms with Crippen LogP contribution in [0.3, 0.4) is 0 Å². The van der Waals surface area contributed by atoms with Crippen LogP contribution in [0.4, 0.5) is 4.79 Å². The summed E-state index contributed by atoms with van der Waals surface area (Å²) < 4.78 is 0. The van der Waals surface area contributed by atoms with E-state index < -0.39 is 0 Å². The lowest BCUT2D eigenvalue weighted by Gasteiger charge is -2.34. The molecule has 0 aromatic carbocycles. The van der Waals surface area contributed by atoms with Gasteiger partial charge in [-0.1, -0.05) is 44.6 Å². The number of rotatable bonds is 3. The van der Waals surface area contributed by atoms with E-state index in [1.165, 1.54) is 30.6 Å². The van der Waals surface area contributed by atoms with Crippen LogP contribution in [0.5, 0.6) is 0 Å². The minimum absolute atomic E-state index is 0.0307. The number of amides is 3. The van der Waals surface area contributed by atoms with Crippen LogP contribution in [-0.2, 0) is 4.79 Å². The first kappa shape index (κ1) is 16.1. The summed E-state index contributed by atoms with van der Waals surface area (Å²) in [6.07, 6.45) is 16.1. The minimum Gasteiger partial charge on any atom is -0.335 e. The maximum Gasteiger partial charge on any atom is 0.324 e. The van der Waals surface area contributed by atoms with Gasteiger partial charge in [0.1, 0.15) is 0 Å². The molecule has 0 heterocycles. The van der Waals surface area contributed by atoms with E-state index in [9.17, 15) is 9.59 Å². The molecule has 0 aliphatic heterocycles. The van der Waals surface area contributed by atoms with Gasteiger partial charge in [-0.25, -0.2) is 4.79 Å². The van der Waals surface area contributed by atoms with Crippen molar-refractivity contribution in [3.05, 3.63) is 29.5 Å². The molecule has 23 heavy (non-hydrogen) atoms. The first-order valence-electron chi connectivity index (χ1n) is 9.03. The maximum absolute atomic E-state index is 12.8. The van der Waals surface area contributed by atoms with Gasteiger partial charge >= 0.3 is 6.03 Å². The predicted octanol–water partition coefficient (Wildman–Crippen LogP) is 3.84. The summed E-state index contributed by atoms with van der Waals surface area (Å²) in [6.45, 7) is 0. The average molecular weight is 314 g/mol. The summed E-state index contributed by atoms with van der Waals surface area (Å²) in [7, 11) is 0. The third-order valence-electron chi connectivity index (χ3n) is 5.14. The number of hydrogen-bond acceptors (Lipinski definition) is 2. The molecule has 0 bridgehead atoms. The number of urea groups is 1. The molecular weight excluding hydrogens is 288 g/mol. The van der Waals surface area contributed by atoms with Crippen molar-refractivity contribution in [2.45, 2.75) is 76.3 Å². The van der Waals surface area contributed by atoms with Crippen LogP contribution >= 0.6 is 0 Å². The first-order valence-corrected chi connectivity index (χ1v) is 9.03. The summed E-state index contributed by atoms with van der Waals surface area (Å²) in [5.41, 5.74) is 3.44. The first-order chi connectivity index (χ1) is 11.3. The highest BCUT2D eigenvalue weighted by Crippen LogP contribution is 2.25. The molecule has 124 valence electrons. The molecule has 4 heteroatoms. The molecule has 2 saturated carbocycles. The van der Waals surface area contributed by atoms with Gasteiger partial charge in [-0.05, 0) is 37.8 Å². The van der Waals surface area contributed by atoms with E-state index in [4.69, 9.17) is 0 Å². The normalized spacial score (nSPS) is 22.0. The molecule has 0 radical (unpaired) electrons. The fourth-order valence-corrected chi connectivity index (χ4v) is 3.85. The van der Waals surface area contributed by atoms with Gasteiger partial charge < -0.3 is 5.32 Å². The van der Waals surface area contributed by atoms with E-state index in [0.29, 0.717) is 5.57 Å². The quantitative estimate of drug-likeness (QED) is 0.805. The Kier molecular flexibility index (Phi) is 5.35. The fraction of sp³-hybridized carbons (Fsp3) is 0.632. The summed E-state index contributed by atoms with van der Waals surface area (Å²) in [5, 5.41) is 3.11. The zero-order valence-electron chi connectivity index (χ0n) is 13.7. The van der Waals surface area contributed by atoms with Crippen molar-refractivity contribution in [1.82, 2.24) is 10.2 Å². The van der Waals surface area contributed by atoms with Gasteiger partial charge in [0, 0.05) is 12.1 Å². The molecule has 1 N–H and O–H groups in total. The highest BCUT2D eigenvalue weighted by atomic mass is 16.2. The monoisotopic (exact) mass is 314 g/mol. The largest absolute Gasteiger partial charge is 0.335 e. The summed E-state index contributed by atoms with van der Waals surface area (Å²) in [6, 6.07) is 0.0466. The molecule has 4 nitrogen and oxygen atoms in total. The summed E-state index contributed by atoms with van der Waals surface area (Å²) >= 11 is 0. The van der Waals surface area contributed by atoms with Crippen LogP contribution in [0.1, 0.15) is 64.2 Å².